The molecule has 0 aromatic rings. The van der Waals surface area contributed by atoms with Crippen LogP contribution in [0.4, 0.5) is 0 Å². The molecule has 0 aliphatic heterocycles. The van der Waals surface area contributed by atoms with Gasteiger partial charge in [0.15, 0.2) is 6.10 Å². The Kier molecular flexibility index (Phi) is 46.6. The number of phosphoric acid groups is 1. The molecule has 0 saturated heterocycles. The van der Waals surface area contributed by atoms with Gasteiger partial charge in [-0.1, -0.05) is 197 Å². The average Bonchev–Trinajstić information content (AvgIpc) is 3.30. The Balaban J connectivity index is 4.83. The van der Waals surface area contributed by atoms with Crippen molar-refractivity contribution in [1.29, 1.82) is 0 Å². The predicted molar refractivity (Wildman–Crippen MR) is 270 cm³/mol. The zero-order valence-corrected chi connectivity index (χ0v) is 42.8. The molecule has 2 N–H and O–H groups in total. The molecule has 0 fully saturated rings. The summed E-state index contributed by atoms with van der Waals surface area (Å²) in [5.74, 6) is -1.57. The minimum Gasteiger partial charge on any atom is -0.462 e. The number of unbranched alkanes of at least 4 members (excludes halogenated alkanes) is 21. The van der Waals surface area contributed by atoms with Crippen LogP contribution in [0.3, 0.4) is 0 Å². The van der Waals surface area contributed by atoms with Gasteiger partial charge in [0, 0.05) is 19.3 Å². The number of carbonyl (C=O) groups excluding carboxylic acids is 3. The average molecular weight is 951 g/mol. The van der Waals surface area contributed by atoms with E-state index in [0.717, 1.165) is 83.5 Å². The molecule has 0 aliphatic carbocycles. The number of aliphatic hydroxyl groups is 1. The third kappa shape index (κ3) is 46.3. The highest BCUT2D eigenvalue weighted by molar-refractivity contribution is 7.47. The second kappa shape index (κ2) is 48.6. The lowest BCUT2D eigenvalue weighted by molar-refractivity contribution is -0.161. The molecule has 66 heavy (non-hydrogen) atoms. The first kappa shape index (κ1) is 63.2. The van der Waals surface area contributed by atoms with Crippen LogP contribution in [-0.2, 0) is 42.2 Å². The van der Waals surface area contributed by atoms with Gasteiger partial charge in [0.1, 0.15) is 12.7 Å². The number of hydrogen-bond donors (Lipinski definition) is 2. The van der Waals surface area contributed by atoms with Gasteiger partial charge in [0.2, 0.25) is 0 Å². The number of allylic oxidation sites excluding steroid dienone is 10. The molecule has 0 saturated carbocycles. The van der Waals surface area contributed by atoms with Crippen molar-refractivity contribution in [2.24, 2.45) is 0 Å². The summed E-state index contributed by atoms with van der Waals surface area (Å²) in [6.07, 6.45) is 50.6. The van der Waals surface area contributed by atoms with Gasteiger partial charge >= 0.3 is 25.7 Å². The van der Waals surface area contributed by atoms with E-state index in [1.165, 1.54) is 83.5 Å². The van der Waals surface area contributed by atoms with Crippen molar-refractivity contribution in [1.82, 2.24) is 0 Å². The van der Waals surface area contributed by atoms with E-state index in [1.54, 1.807) is 0 Å². The quantitative estimate of drug-likeness (QED) is 0.0197. The summed E-state index contributed by atoms with van der Waals surface area (Å²) in [5, 5.41) is 9.76. The van der Waals surface area contributed by atoms with Crippen molar-refractivity contribution < 1.29 is 52.2 Å². The van der Waals surface area contributed by atoms with Crippen molar-refractivity contribution in [3.63, 3.8) is 0 Å². The molecule has 3 atom stereocenters. The fraction of sp³-hybridized carbons (Fsp3) is 0.759. The topological polar surface area (TPSA) is 155 Å². The zero-order chi connectivity index (χ0) is 48.4. The number of hydrogen-bond acceptors (Lipinski definition) is 10. The van der Waals surface area contributed by atoms with Crippen molar-refractivity contribution in [3.05, 3.63) is 60.8 Å². The van der Waals surface area contributed by atoms with Gasteiger partial charge < -0.3 is 24.2 Å². The van der Waals surface area contributed by atoms with Crippen LogP contribution in [0.15, 0.2) is 60.8 Å². The maximum atomic E-state index is 12.8. The molecule has 11 nitrogen and oxygen atoms in total. The van der Waals surface area contributed by atoms with E-state index in [9.17, 15) is 28.9 Å². The lowest BCUT2D eigenvalue weighted by atomic mass is 10.1. The summed E-state index contributed by atoms with van der Waals surface area (Å²) in [6.45, 7) is 4.42. The van der Waals surface area contributed by atoms with Gasteiger partial charge in [-0.15, -0.1) is 0 Å². The largest absolute Gasteiger partial charge is 0.472 e. The molecular formula is C54H95O11P. The van der Waals surface area contributed by atoms with Crippen molar-refractivity contribution in [3.8, 4) is 0 Å². The van der Waals surface area contributed by atoms with Crippen LogP contribution >= 0.6 is 7.82 Å². The highest BCUT2D eigenvalue weighted by atomic mass is 31.2. The molecule has 12 heteroatoms. The fourth-order valence-corrected chi connectivity index (χ4v) is 7.74. The molecule has 382 valence electrons. The van der Waals surface area contributed by atoms with Crippen LogP contribution in [0.5, 0.6) is 0 Å². The van der Waals surface area contributed by atoms with E-state index in [4.69, 9.17) is 23.3 Å². The number of ether oxygens (including phenoxy) is 3. The van der Waals surface area contributed by atoms with Crippen molar-refractivity contribution >= 4 is 25.7 Å². The van der Waals surface area contributed by atoms with E-state index in [-0.39, 0.29) is 25.9 Å². The molecule has 0 aromatic carbocycles. The molecular weight excluding hydrogens is 856 g/mol. The van der Waals surface area contributed by atoms with E-state index in [2.05, 4.69) is 69.4 Å². The molecule has 0 bridgehead atoms. The third-order valence-corrected chi connectivity index (χ3v) is 11.9. The van der Waals surface area contributed by atoms with Gasteiger partial charge in [-0.3, -0.25) is 23.4 Å². The van der Waals surface area contributed by atoms with Gasteiger partial charge in [-0.05, 0) is 70.6 Å². The highest BCUT2D eigenvalue weighted by Crippen LogP contribution is 2.43. The number of aliphatic hydroxyl groups excluding tert-OH is 1. The first-order valence-corrected chi connectivity index (χ1v) is 27.7. The smallest absolute Gasteiger partial charge is 0.462 e. The first-order valence-electron chi connectivity index (χ1n) is 26.2. The van der Waals surface area contributed by atoms with E-state index >= 15 is 0 Å². The molecule has 0 amide bonds. The van der Waals surface area contributed by atoms with Gasteiger partial charge in [-0.2, -0.15) is 0 Å². The normalized spacial score (nSPS) is 14.0. The van der Waals surface area contributed by atoms with Crippen LogP contribution in [-0.4, -0.2) is 66.5 Å². The Bertz CT molecular complexity index is 1340. The fourth-order valence-electron chi connectivity index (χ4n) is 6.95. The van der Waals surface area contributed by atoms with E-state index in [0.29, 0.717) is 19.3 Å². The monoisotopic (exact) mass is 951 g/mol. The highest BCUT2D eigenvalue weighted by Gasteiger charge is 2.28. The van der Waals surface area contributed by atoms with E-state index in [1.807, 2.05) is 12.2 Å². The predicted octanol–water partition coefficient (Wildman–Crippen LogP) is 14.8. The lowest BCUT2D eigenvalue weighted by Crippen LogP contribution is -2.30. The summed E-state index contributed by atoms with van der Waals surface area (Å²) in [5.41, 5.74) is 0. The Morgan fingerprint density at radius 3 is 1.27 bits per heavy atom. The summed E-state index contributed by atoms with van der Waals surface area (Å²) in [4.78, 5) is 48.2. The minimum atomic E-state index is -4.75. The van der Waals surface area contributed by atoms with Crippen LogP contribution in [0.1, 0.15) is 226 Å². The van der Waals surface area contributed by atoms with Gasteiger partial charge in [0.25, 0.3) is 0 Å². The SMILES string of the molecule is CC/C=C\C/C=C\C/C=C\C/C=C\CCC(=O)OCC(COP(=O)(O)OCC(CO)OC(=O)CCCCCCCCCCCCC)OC(=O)CCCCCCC/C=C\CCCCCCCC. The molecule has 0 spiro atoms. The van der Waals surface area contributed by atoms with Crippen LogP contribution in [0, 0.1) is 0 Å². The molecule has 0 heterocycles. The van der Waals surface area contributed by atoms with Crippen LogP contribution < -0.4 is 0 Å². The standard InChI is InChI=1S/C54H95O11P/c1-4-7-10-13-16-19-22-24-25-27-30-33-36-39-42-45-54(58)65-51(47-61-52(56)43-40-37-34-31-29-26-23-20-17-14-11-8-5-2)49-63-66(59,60)62-48-50(46-55)64-53(57)44-41-38-35-32-28-21-18-15-12-9-6-3/h8,11,17,20,24-26,29,34,37,50-51,55H,4-7,9-10,12-16,18-19,21-23,27-28,30-33,35-36,38-49H2,1-3H3,(H,59,60)/b11-8-,20-17-,25-24-,29-26-,37-34-. The Morgan fingerprint density at radius 1 is 0.439 bits per heavy atom. The molecule has 0 radical (unpaired) electrons. The van der Waals surface area contributed by atoms with Crippen molar-refractivity contribution in [2.75, 3.05) is 26.4 Å². The number of carbonyl (C=O) groups is 3. The maximum Gasteiger partial charge on any atom is 0.472 e. The second-order valence-electron chi connectivity index (χ2n) is 17.3. The molecule has 0 aliphatic rings. The Morgan fingerprint density at radius 2 is 0.818 bits per heavy atom. The first-order chi connectivity index (χ1) is 32.2. The number of phosphoric ester groups is 1. The summed E-state index contributed by atoms with van der Waals surface area (Å²) in [6, 6.07) is 0. The van der Waals surface area contributed by atoms with Crippen LogP contribution in [0.25, 0.3) is 0 Å². The minimum absolute atomic E-state index is 0.104. The summed E-state index contributed by atoms with van der Waals surface area (Å²) in [7, 11) is -4.75. The van der Waals surface area contributed by atoms with Crippen molar-refractivity contribution in [2.45, 2.75) is 238 Å². The maximum absolute atomic E-state index is 12.8. The zero-order valence-electron chi connectivity index (χ0n) is 41.9. The van der Waals surface area contributed by atoms with Gasteiger partial charge in [-0.25, -0.2) is 4.57 Å². The molecule has 3 unspecified atom stereocenters. The van der Waals surface area contributed by atoms with Gasteiger partial charge in [0.05, 0.1) is 19.8 Å². The molecule has 0 rings (SSSR count). The Hall–Kier alpha value is -2.82. The summed E-state index contributed by atoms with van der Waals surface area (Å²) < 4.78 is 39.2. The summed E-state index contributed by atoms with van der Waals surface area (Å²) >= 11 is 0. The molecule has 0 aromatic heterocycles. The Labute approximate surface area is 402 Å². The third-order valence-electron chi connectivity index (χ3n) is 10.9. The van der Waals surface area contributed by atoms with Crippen LogP contribution in [0.2, 0.25) is 0 Å². The number of esters is 3. The lowest BCUT2D eigenvalue weighted by Gasteiger charge is -2.21. The van der Waals surface area contributed by atoms with E-state index < -0.39 is 57.8 Å². The number of rotatable bonds is 48. The second-order valence-corrected chi connectivity index (χ2v) is 18.8.